The highest BCUT2D eigenvalue weighted by Crippen LogP contribution is 2.39. The number of thioether (sulfide) groups is 1. The number of hydrogen-bond acceptors (Lipinski definition) is 9. The van der Waals surface area contributed by atoms with Crippen LogP contribution < -0.4 is 14.8 Å². The molecule has 2 aromatic rings. The number of imide groups is 1. The lowest BCUT2D eigenvalue weighted by Gasteiger charge is -2.12. The number of carbonyl (C=O) groups is 2. The third kappa shape index (κ3) is 4.55. The third-order valence-electron chi connectivity index (χ3n) is 3.78. The van der Waals surface area contributed by atoms with Crippen LogP contribution in [0.25, 0.3) is 6.08 Å². The number of amides is 2. The summed E-state index contributed by atoms with van der Waals surface area (Å²) in [7, 11) is 0. The first kappa shape index (κ1) is 20.8. The zero-order valence-corrected chi connectivity index (χ0v) is 16.1. The molecule has 0 bridgehead atoms. The normalized spacial score (nSPS) is 14.5. The molecule has 0 aromatic heterocycles. The third-order valence-corrected chi connectivity index (χ3v) is 4.59. The van der Waals surface area contributed by atoms with Crippen LogP contribution in [-0.4, -0.2) is 27.6 Å². The van der Waals surface area contributed by atoms with Crippen molar-refractivity contribution in [1.29, 1.82) is 0 Å². The Hall–Kier alpha value is -3.93. The molecule has 2 aromatic carbocycles. The largest absolute Gasteiger partial charge is 0.490 e. The van der Waals surface area contributed by atoms with Gasteiger partial charge in [0.25, 0.3) is 16.8 Å². The highest BCUT2D eigenvalue weighted by atomic mass is 32.2. The second-order valence-electron chi connectivity index (χ2n) is 5.76. The van der Waals surface area contributed by atoms with E-state index in [0.717, 1.165) is 30.0 Å². The summed E-state index contributed by atoms with van der Waals surface area (Å²) < 4.78 is 11.1. The topological polar surface area (TPSA) is 151 Å². The van der Waals surface area contributed by atoms with Crippen LogP contribution in [0.15, 0.2) is 41.3 Å². The molecule has 0 unspecified atom stereocenters. The van der Waals surface area contributed by atoms with Gasteiger partial charge in [-0.3, -0.25) is 35.1 Å². The average Bonchev–Trinajstić information content (AvgIpc) is 3.00. The van der Waals surface area contributed by atoms with E-state index in [1.165, 1.54) is 12.1 Å². The Morgan fingerprint density at radius 2 is 1.77 bits per heavy atom. The minimum atomic E-state index is -0.783. The SMILES string of the molecule is CCOc1cc(/C=C2/SC(=O)NC2=O)ccc1Oc1ccc([N+](=O)[O-])cc1[N+](=O)[O-]. The van der Waals surface area contributed by atoms with Gasteiger partial charge in [-0.05, 0) is 48.5 Å². The lowest BCUT2D eigenvalue weighted by atomic mass is 10.2. The molecule has 30 heavy (non-hydrogen) atoms. The van der Waals surface area contributed by atoms with Gasteiger partial charge in [-0.1, -0.05) is 6.07 Å². The predicted molar refractivity (Wildman–Crippen MR) is 107 cm³/mol. The van der Waals surface area contributed by atoms with Gasteiger partial charge in [0.05, 0.1) is 27.4 Å². The fraction of sp³-hybridized carbons (Fsp3) is 0.111. The number of ether oxygens (including phenoxy) is 2. The van der Waals surface area contributed by atoms with Crippen LogP contribution in [0.5, 0.6) is 17.2 Å². The van der Waals surface area contributed by atoms with Crippen molar-refractivity contribution >= 4 is 40.4 Å². The van der Waals surface area contributed by atoms with Crippen molar-refractivity contribution < 1.29 is 28.9 Å². The molecule has 1 heterocycles. The van der Waals surface area contributed by atoms with Gasteiger partial charge in [0, 0.05) is 6.07 Å². The highest BCUT2D eigenvalue weighted by Gasteiger charge is 2.25. The molecular formula is C18H13N3O8S. The number of carbonyl (C=O) groups excluding carboxylic acids is 2. The molecule has 12 heteroatoms. The fourth-order valence-corrected chi connectivity index (χ4v) is 3.19. The summed E-state index contributed by atoms with van der Waals surface area (Å²) in [6.07, 6.45) is 1.49. The summed E-state index contributed by atoms with van der Waals surface area (Å²) in [5.41, 5.74) is -0.477. The summed E-state index contributed by atoms with van der Waals surface area (Å²) in [6, 6.07) is 7.61. The Labute approximate surface area is 173 Å². The number of nitro groups is 2. The van der Waals surface area contributed by atoms with Crippen molar-refractivity contribution in [3.63, 3.8) is 0 Å². The van der Waals surface area contributed by atoms with Gasteiger partial charge in [0.1, 0.15) is 0 Å². The summed E-state index contributed by atoms with van der Waals surface area (Å²) in [6.45, 7) is 1.98. The van der Waals surface area contributed by atoms with Gasteiger partial charge in [0.2, 0.25) is 5.75 Å². The molecule has 1 fully saturated rings. The van der Waals surface area contributed by atoms with Crippen molar-refractivity contribution in [3.8, 4) is 17.2 Å². The number of benzene rings is 2. The standard InChI is InChI=1S/C18H13N3O8S/c1-2-28-15-7-10(8-16-17(22)19-18(23)30-16)3-5-14(15)29-13-6-4-11(20(24)25)9-12(13)21(26)27/h3-9H,2H2,1H3,(H,19,22,23)/b16-8+. The first-order chi connectivity index (χ1) is 14.3. The number of nitrogens with zero attached hydrogens (tertiary/aromatic N) is 2. The number of hydrogen-bond donors (Lipinski definition) is 1. The van der Waals surface area contributed by atoms with E-state index in [9.17, 15) is 29.8 Å². The number of non-ortho nitro benzene ring substituents is 1. The monoisotopic (exact) mass is 431 g/mol. The lowest BCUT2D eigenvalue weighted by molar-refractivity contribution is -0.394. The molecule has 0 atom stereocenters. The van der Waals surface area contributed by atoms with E-state index in [-0.39, 0.29) is 28.8 Å². The zero-order chi connectivity index (χ0) is 21.8. The summed E-state index contributed by atoms with van der Waals surface area (Å²) in [4.78, 5) is 43.8. The predicted octanol–water partition coefficient (Wildman–Crippen LogP) is 4.02. The van der Waals surface area contributed by atoms with Crippen LogP contribution in [0.4, 0.5) is 16.2 Å². The Morgan fingerprint density at radius 3 is 2.37 bits per heavy atom. The van der Waals surface area contributed by atoms with Gasteiger partial charge < -0.3 is 9.47 Å². The fourth-order valence-electron chi connectivity index (χ4n) is 2.51. The van der Waals surface area contributed by atoms with E-state index in [2.05, 4.69) is 5.32 Å². The molecule has 1 saturated heterocycles. The molecule has 2 amide bonds. The molecule has 0 aliphatic carbocycles. The molecule has 0 radical (unpaired) electrons. The van der Waals surface area contributed by atoms with Crippen LogP contribution in [0.3, 0.4) is 0 Å². The van der Waals surface area contributed by atoms with Gasteiger partial charge >= 0.3 is 5.69 Å². The van der Waals surface area contributed by atoms with Crippen molar-refractivity contribution in [2.75, 3.05) is 6.61 Å². The van der Waals surface area contributed by atoms with E-state index in [0.29, 0.717) is 5.56 Å². The maximum Gasteiger partial charge on any atom is 0.318 e. The molecule has 3 rings (SSSR count). The Balaban J connectivity index is 1.96. The summed E-state index contributed by atoms with van der Waals surface area (Å²) in [5, 5.41) is 23.9. The Bertz CT molecular complexity index is 1100. The quantitative estimate of drug-likeness (QED) is 0.389. The number of nitro benzene ring substituents is 2. The number of rotatable bonds is 7. The summed E-state index contributed by atoms with van der Waals surface area (Å²) >= 11 is 0.763. The van der Waals surface area contributed by atoms with Gasteiger partial charge in [0.15, 0.2) is 11.5 Å². The Morgan fingerprint density at radius 1 is 1.03 bits per heavy atom. The van der Waals surface area contributed by atoms with E-state index >= 15 is 0 Å². The van der Waals surface area contributed by atoms with E-state index in [4.69, 9.17) is 9.47 Å². The van der Waals surface area contributed by atoms with Crippen molar-refractivity contribution in [1.82, 2.24) is 5.32 Å². The molecule has 0 spiro atoms. The minimum Gasteiger partial charge on any atom is -0.490 e. The van der Waals surface area contributed by atoms with Gasteiger partial charge in [-0.2, -0.15) is 0 Å². The van der Waals surface area contributed by atoms with E-state index < -0.39 is 32.4 Å². The molecular weight excluding hydrogens is 418 g/mol. The van der Waals surface area contributed by atoms with Crippen molar-refractivity contribution in [2.45, 2.75) is 6.92 Å². The molecule has 1 N–H and O–H groups in total. The molecule has 0 saturated carbocycles. The van der Waals surface area contributed by atoms with Crippen LogP contribution in [0.1, 0.15) is 12.5 Å². The van der Waals surface area contributed by atoms with Crippen molar-refractivity contribution in [3.05, 3.63) is 67.1 Å². The summed E-state index contributed by atoms with van der Waals surface area (Å²) in [5.74, 6) is -0.344. The molecule has 1 aliphatic rings. The maximum absolute atomic E-state index is 11.7. The number of nitrogens with one attached hydrogen (secondary N) is 1. The second kappa shape index (κ2) is 8.61. The van der Waals surface area contributed by atoms with Crippen LogP contribution >= 0.6 is 11.8 Å². The van der Waals surface area contributed by atoms with Crippen LogP contribution in [0, 0.1) is 20.2 Å². The lowest BCUT2D eigenvalue weighted by Crippen LogP contribution is -2.17. The molecule has 11 nitrogen and oxygen atoms in total. The minimum absolute atomic E-state index is 0.135. The molecule has 1 aliphatic heterocycles. The first-order valence-corrected chi connectivity index (χ1v) is 9.22. The van der Waals surface area contributed by atoms with E-state index in [1.54, 1.807) is 19.1 Å². The zero-order valence-electron chi connectivity index (χ0n) is 15.3. The molecule has 154 valence electrons. The van der Waals surface area contributed by atoms with Crippen LogP contribution in [-0.2, 0) is 4.79 Å². The highest BCUT2D eigenvalue weighted by molar-refractivity contribution is 8.18. The smallest absolute Gasteiger partial charge is 0.318 e. The van der Waals surface area contributed by atoms with Gasteiger partial charge in [-0.15, -0.1) is 0 Å². The maximum atomic E-state index is 11.7. The Kier molecular flexibility index (Phi) is 5.97. The van der Waals surface area contributed by atoms with Crippen LogP contribution in [0.2, 0.25) is 0 Å². The van der Waals surface area contributed by atoms with Crippen molar-refractivity contribution in [2.24, 2.45) is 0 Å². The second-order valence-corrected chi connectivity index (χ2v) is 6.77. The first-order valence-electron chi connectivity index (χ1n) is 8.41. The van der Waals surface area contributed by atoms with E-state index in [1.807, 2.05) is 0 Å². The van der Waals surface area contributed by atoms with Gasteiger partial charge in [-0.25, -0.2) is 0 Å². The average molecular weight is 431 g/mol.